The van der Waals surface area contributed by atoms with Gasteiger partial charge in [0.05, 0.1) is 10.9 Å². The Morgan fingerprint density at radius 3 is 2.19 bits per heavy atom. The molecule has 2 N–H and O–H groups in total. The molecule has 1 fully saturated rings. The molecule has 0 amide bonds. The minimum absolute atomic E-state index is 0.166. The first-order valence-electron chi connectivity index (χ1n) is 5.83. The van der Waals surface area contributed by atoms with Crippen LogP contribution in [-0.4, -0.2) is 43.2 Å². The van der Waals surface area contributed by atoms with Crippen molar-refractivity contribution in [3.8, 4) is 0 Å². The maximum absolute atomic E-state index is 11.5. The number of rotatable bonds is 4. The third kappa shape index (κ3) is 3.71. The van der Waals surface area contributed by atoms with Crippen LogP contribution in [0.2, 0.25) is 0 Å². The van der Waals surface area contributed by atoms with Crippen molar-refractivity contribution in [3.63, 3.8) is 0 Å². The van der Waals surface area contributed by atoms with Gasteiger partial charge < -0.3 is 10.4 Å². The van der Waals surface area contributed by atoms with Crippen LogP contribution in [0, 0.1) is 0 Å². The van der Waals surface area contributed by atoms with E-state index in [4.69, 9.17) is 0 Å². The molecule has 0 spiro atoms. The van der Waals surface area contributed by atoms with Gasteiger partial charge in [0.1, 0.15) is 0 Å². The first-order chi connectivity index (χ1) is 7.22. The summed E-state index contributed by atoms with van der Waals surface area (Å²) in [5.41, 5.74) is 0. The summed E-state index contributed by atoms with van der Waals surface area (Å²) in [7, 11) is -3.03. The lowest BCUT2D eigenvalue weighted by molar-refractivity contribution is 0.116. The number of hydrogen-bond acceptors (Lipinski definition) is 4. The average molecular weight is 249 g/mol. The predicted octanol–water partition coefficient (Wildman–Crippen LogP) is 0.703. The third-order valence-corrected chi connectivity index (χ3v) is 5.67. The zero-order valence-corrected chi connectivity index (χ0v) is 11.2. The lowest BCUT2D eigenvalue weighted by atomic mass is 9.93. The Bertz CT molecular complexity index is 316. The van der Waals surface area contributed by atoms with Crippen molar-refractivity contribution in [1.82, 2.24) is 5.32 Å². The van der Waals surface area contributed by atoms with Gasteiger partial charge in [-0.3, -0.25) is 0 Å². The van der Waals surface area contributed by atoms with Gasteiger partial charge in [0, 0.05) is 18.8 Å². The minimum atomic E-state index is -3.03. The van der Waals surface area contributed by atoms with Crippen molar-refractivity contribution in [2.24, 2.45) is 0 Å². The van der Waals surface area contributed by atoms with Crippen molar-refractivity contribution >= 4 is 9.84 Å². The van der Waals surface area contributed by atoms with Gasteiger partial charge in [-0.1, -0.05) is 0 Å². The highest BCUT2D eigenvalue weighted by atomic mass is 32.2. The van der Waals surface area contributed by atoms with Crippen LogP contribution in [0.5, 0.6) is 0 Å². The van der Waals surface area contributed by atoms with Crippen LogP contribution in [0.1, 0.15) is 39.5 Å². The van der Waals surface area contributed by atoms with Crippen molar-refractivity contribution < 1.29 is 13.5 Å². The molecule has 1 saturated carbocycles. The average Bonchev–Trinajstić information content (AvgIpc) is 2.15. The highest BCUT2D eigenvalue weighted by Gasteiger charge is 2.31. The fraction of sp³-hybridized carbons (Fsp3) is 1.00. The van der Waals surface area contributed by atoms with Gasteiger partial charge in [0.25, 0.3) is 0 Å². The smallest absolute Gasteiger partial charge is 0.153 e. The van der Waals surface area contributed by atoms with E-state index in [1.165, 1.54) is 6.26 Å². The van der Waals surface area contributed by atoms with Crippen molar-refractivity contribution in [3.05, 3.63) is 0 Å². The van der Waals surface area contributed by atoms with Crippen LogP contribution < -0.4 is 5.32 Å². The molecule has 16 heavy (non-hydrogen) atoms. The summed E-state index contributed by atoms with van der Waals surface area (Å²) in [5, 5.41) is 12.7. The van der Waals surface area contributed by atoms with E-state index in [1.54, 1.807) is 13.8 Å². The quantitative estimate of drug-likeness (QED) is 0.770. The summed E-state index contributed by atoms with van der Waals surface area (Å²) in [6, 6.07) is 0.351. The molecule has 1 rings (SSSR count). The molecule has 0 saturated heterocycles. The van der Waals surface area contributed by atoms with Gasteiger partial charge >= 0.3 is 0 Å². The zero-order valence-electron chi connectivity index (χ0n) is 10.4. The van der Waals surface area contributed by atoms with Crippen LogP contribution in [0.15, 0.2) is 0 Å². The van der Waals surface area contributed by atoms with E-state index in [0.717, 1.165) is 25.7 Å². The molecule has 4 nitrogen and oxygen atoms in total. The number of aliphatic hydroxyl groups is 1. The highest BCUT2D eigenvalue weighted by Crippen LogP contribution is 2.20. The fourth-order valence-electron chi connectivity index (χ4n) is 1.80. The second kappa shape index (κ2) is 5.02. The van der Waals surface area contributed by atoms with Crippen molar-refractivity contribution in [1.29, 1.82) is 0 Å². The lowest BCUT2D eigenvalue weighted by Crippen LogP contribution is -2.46. The fourth-order valence-corrected chi connectivity index (χ4v) is 2.15. The van der Waals surface area contributed by atoms with Gasteiger partial charge in [-0.2, -0.15) is 0 Å². The monoisotopic (exact) mass is 249 g/mol. The Labute approximate surface area is 98.4 Å². The van der Waals surface area contributed by atoms with Gasteiger partial charge in [-0.15, -0.1) is 0 Å². The summed E-state index contributed by atoms with van der Waals surface area (Å²) in [5.74, 6) is 0. The Balaban J connectivity index is 2.40. The Hall–Kier alpha value is -0.130. The second-order valence-electron chi connectivity index (χ2n) is 5.42. The van der Waals surface area contributed by atoms with Gasteiger partial charge in [-0.05, 0) is 39.5 Å². The molecule has 0 aliphatic heterocycles. The summed E-state index contributed by atoms with van der Waals surface area (Å²) >= 11 is 0. The maximum Gasteiger partial charge on any atom is 0.153 e. The minimum Gasteiger partial charge on any atom is -0.393 e. The first-order valence-corrected chi connectivity index (χ1v) is 7.72. The van der Waals surface area contributed by atoms with E-state index >= 15 is 0 Å². The predicted molar refractivity (Wildman–Crippen MR) is 65.2 cm³/mol. The van der Waals surface area contributed by atoms with Gasteiger partial charge in [-0.25, -0.2) is 8.42 Å². The molecule has 0 aromatic carbocycles. The Morgan fingerprint density at radius 1 is 1.25 bits per heavy atom. The zero-order chi connectivity index (χ0) is 12.4. The van der Waals surface area contributed by atoms with Crippen LogP contribution in [0.4, 0.5) is 0 Å². The lowest BCUT2D eigenvalue weighted by Gasteiger charge is -2.30. The maximum atomic E-state index is 11.5. The topological polar surface area (TPSA) is 66.4 Å². The summed E-state index contributed by atoms with van der Waals surface area (Å²) < 4.78 is 22.3. The molecule has 0 bridgehead atoms. The van der Waals surface area contributed by atoms with Crippen LogP contribution in [0.25, 0.3) is 0 Å². The highest BCUT2D eigenvalue weighted by molar-refractivity contribution is 7.92. The summed E-state index contributed by atoms with van der Waals surface area (Å²) in [6.07, 6.45) is 4.61. The molecule has 0 radical (unpaired) electrons. The molecule has 1 aliphatic carbocycles. The van der Waals surface area contributed by atoms with Gasteiger partial charge in [0.2, 0.25) is 0 Å². The van der Waals surface area contributed by atoms with E-state index in [2.05, 4.69) is 5.32 Å². The standard InChI is InChI=1S/C11H23NO3S/c1-11(2,16(3,14)15)8-12-9-4-6-10(13)7-5-9/h9-10,12-13H,4-8H2,1-3H3. The molecule has 0 atom stereocenters. The van der Waals surface area contributed by atoms with Crippen LogP contribution >= 0.6 is 0 Å². The Morgan fingerprint density at radius 2 is 1.75 bits per heavy atom. The van der Waals surface area contributed by atoms with E-state index < -0.39 is 14.6 Å². The SMILES string of the molecule is CC(C)(CNC1CCC(O)CC1)S(C)(=O)=O. The molecule has 96 valence electrons. The van der Waals surface area contributed by atoms with E-state index in [1.807, 2.05) is 0 Å². The molecular formula is C11H23NO3S. The molecule has 0 aromatic rings. The summed E-state index contributed by atoms with van der Waals surface area (Å²) in [6.45, 7) is 3.96. The van der Waals surface area contributed by atoms with Crippen LogP contribution in [-0.2, 0) is 9.84 Å². The van der Waals surface area contributed by atoms with Crippen LogP contribution in [0.3, 0.4) is 0 Å². The van der Waals surface area contributed by atoms with Crippen molar-refractivity contribution in [2.45, 2.75) is 56.4 Å². The molecule has 1 aliphatic rings. The molecule has 0 heterocycles. The molecule has 0 aromatic heterocycles. The second-order valence-corrected chi connectivity index (χ2v) is 8.07. The normalized spacial score (nSPS) is 28.0. The van der Waals surface area contributed by atoms with Gasteiger partial charge in [0.15, 0.2) is 9.84 Å². The third-order valence-electron chi connectivity index (χ3n) is 3.52. The number of hydrogen-bond donors (Lipinski definition) is 2. The molecule has 5 heteroatoms. The number of sulfone groups is 1. The van der Waals surface area contributed by atoms with E-state index in [9.17, 15) is 13.5 Å². The molecular weight excluding hydrogens is 226 g/mol. The summed E-state index contributed by atoms with van der Waals surface area (Å²) in [4.78, 5) is 0. The van der Waals surface area contributed by atoms with E-state index in [0.29, 0.717) is 12.6 Å². The van der Waals surface area contributed by atoms with E-state index in [-0.39, 0.29) is 6.10 Å². The first kappa shape index (κ1) is 13.9. The molecule has 0 unspecified atom stereocenters. The Kier molecular flexibility index (Phi) is 4.37. The largest absolute Gasteiger partial charge is 0.393 e. The number of aliphatic hydroxyl groups excluding tert-OH is 1. The number of nitrogens with one attached hydrogen (secondary N) is 1. The van der Waals surface area contributed by atoms with Crippen molar-refractivity contribution in [2.75, 3.05) is 12.8 Å².